The Bertz CT molecular complexity index is 1500. The second kappa shape index (κ2) is 9.64. The molecule has 5 aromatic rings. The summed E-state index contributed by atoms with van der Waals surface area (Å²) in [6.45, 7) is 2.42. The van der Waals surface area contributed by atoms with Crippen LogP contribution in [0.25, 0.3) is 28.2 Å². The van der Waals surface area contributed by atoms with Gasteiger partial charge in [0.05, 0.1) is 31.4 Å². The Balaban J connectivity index is 1.29. The van der Waals surface area contributed by atoms with E-state index in [-0.39, 0.29) is 0 Å². The molecule has 5 rings (SSSR count). The lowest BCUT2D eigenvalue weighted by molar-refractivity contribution is 0.413. The van der Waals surface area contributed by atoms with Gasteiger partial charge in [0, 0.05) is 23.5 Å². The van der Waals surface area contributed by atoms with Gasteiger partial charge in [0.25, 0.3) is 0 Å². The standard InChI is InChI=1S/C27H24N6O2/c1-18-16-33(17-30-18)24-12-11-21(13-26(24)34-2)23(32-28)15-29-14-19-7-9-20(10-8-19)27-31-22-5-3-4-6-25(22)35-27/h3-13,15-17H,14,28H2,1-2H3/b29-15?,32-23+. The second-order valence-corrected chi connectivity index (χ2v) is 7.98. The molecule has 0 fully saturated rings. The summed E-state index contributed by atoms with van der Waals surface area (Å²) in [6.07, 6.45) is 5.36. The summed E-state index contributed by atoms with van der Waals surface area (Å²) in [7, 11) is 1.63. The van der Waals surface area contributed by atoms with Gasteiger partial charge in [-0.25, -0.2) is 9.97 Å². The molecule has 0 aliphatic rings. The van der Waals surface area contributed by atoms with E-state index in [1.54, 1.807) is 19.7 Å². The number of ether oxygens (including phenoxy) is 1. The van der Waals surface area contributed by atoms with Crippen LogP contribution in [0.3, 0.4) is 0 Å². The third-order valence-electron chi connectivity index (χ3n) is 5.59. The maximum atomic E-state index is 5.84. The van der Waals surface area contributed by atoms with E-state index in [9.17, 15) is 0 Å². The molecule has 0 bridgehead atoms. The van der Waals surface area contributed by atoms with Crippen LogP contribution in [0.15, 0.2) is 93.8 Å². The van der Waals surface area contributed by atoms with E-state index in [2.05, 4.69) is 20.1 Å². The zero-order chi connectivity index (χ0) is 24.2. The number of fused-ring (bicyclic) bond motifs is 1. The minimum atomic E-state index is 0.483. The van der Waals surface area contributed by atoms with Crippen LogP contribution in [0, 0.1) is 6.92 Å². The first-order valence-electron chi connectivity index (χ1n) is 11.1. The Kier molecular flexibility index (Phi) is 6.09. The van der Waals surface area contributed by atoms with Gasteiger partial charge in [-0.3, -0.25) is 4.99 Å². The summed E-state index contributed by atoms with van der Waals surface area (Å²) in [4.78, 5) is 13.4. The molecule has 0 aliphatic heterocycles. The molecule has 0 spiro atoms. The van der Waals surface area contributed by atoms with Crippen LogP contribution in [0.4, 0.5) is 0 Å². The van der Waals surface area contributed by atoms with Crippen molar-refractivity contribution in [2.24, 2.45) is 15.9 Å². The molecular formula is C27H24N6O2. The Morgan fingerprint density at radius 2 is 1.94 bits per heavy atom. The number of aryl methyl sites for hydroxylation is 1. The summed E-state index contributed by atoms with van der Waals surface area (Å²) >= 11 is 0. The molecular weight excluding hydrogens is 440 g/mol. The molecule has 2 aromatic heterocycles. The number of benzene rings is 3. The maximum Gasteiger partial charge on any atom is 0.227 e. The molecule has 2 heterocycles. The number of oxazole rings is 1. The average molecular weight is 465 g/mol. The van der Waals surface area contributed by atoms with Crippen molar-refractivity contribution in [3.05, 3.63) is 96.1 Å². The molecule has 8 nitrogen and oxygen atoms in total. The SMILES string of the molecule is COc1cc(/C(C=NCc2ccc(-c3nc4ccccc4o3)cc2)=N/N)ccc1-n1cnc(C)c1. The molecule has 3 aromatic carbocycles. The van der Waals surface area contributed by atoms with Crippen LogP contribution >= 0.6 is 0 Å². The molecule has 35 heavy (non-hydrogen) atoms. The molecule has 0 radical (unpaired) electrons. The van der Waals surface area contributed by atoms with Crippen LogP contribution in [0.2, 0.25) is 0 Å². The highest BCUT2D eigenvalue weighted by atomic mass is 16.5. The number of para-hydroxylation sites is 2. The van der Waals surface area contributed by atoms with Crippen molar-refractivity contribution in [2.45, 2.75) is 13.5 Å². The number of aromatic nitrogens is 3. The Morgan fingerprint density at radius 1 is 1.11 bits per heavy atom. The zero-order valence-corrected chi connectivity index (χ0v) is 19.4. The number of hydrazone groups is 1. The first-order chi connectivity index (χ1) is 17.1. The van der Waals surface area contributed by atoms with Gasteiger partial charge in [0.2, 0.25) is 5.89 Å². The minimum absolute atomic E-state index is 0.483. The largest absolute Gasteiger partial charge is 0.495 e. The number of aliphatic imine (C=N–C) groups is 1. The van der Waals surface area contributed by atoms with Crippen LogP contribution in [-0.4, -0.2) is 33.6 Å². The lowest BCUT2D eigenvalue weighted by atomic mass is 10.1. The van der Waals surface area contributed by atoms with Crippen LogP contribution in [-0.2, 0) is 6.54 Å². The lowest BCUT2D eigenvalue weighted by Gasteiger charge is -2.11. The van der Waals surface area contributed by atoms with E-state index in [1.165, 1.54) is 0 Å². The van der Waals surface area contributed by atoms with Gasteiger partial charge in [-0.1, -0.05) is 30.3 Å². The van der Waals surface area contributed by atoms with Crippen LogP contribution in [0.5, 0.6) is 5.75 Å². The highest BCUT2D eigenvalue weighted by Gasteiger charge is 2.10. The van der Waals surface area contributed by atoms with Crippen molar-refractivity contribution in [3.8, 4) is 22.9 Å². The van der Waals surface area contributed by atoms with Crippen molar-refractivity contribution < 1.29 is 9.15 Å². The number of nitrogens with zero attached hydrogens (tertiary/aromatic N) is 5. The van der Waals surface area contributed by atoms with E-state index in [0.717, 1.165) is 39.2 Å². The van der Waals surface area contributed by atoms with Crippen LogP contribution in [0.1, 0.15) is 16.8 Å². The van der Waals surface area contributed by atoms with Gasteiger partial charge in [-0.2, -0.15) is 5.10 Å². The summed E-state index contributed by atoms with van der Waals surface area (Å²) in [6, 6.07) is 21.5. The zero-order valence-electron chi connectivity index (χ0n) is 19.4. The quantitative estimate of drug-likeness (QED) is 0.209. The first-order valence-corrected chi connectivity index (χ1v) is 11.1. The first kappa shape index (κ1) is 22.1. The fourth-order valence-electron chi connectivity index (χ4n) is 3.77. The fraction of sp³-hybridized carbons (Fsp3) is 0.111. The second-order valence-electron chi connectivity index (χ2n) is 7.98. The molecule has 0 unspecified atom stereocenters. The van der Waals surface area contributed by atoms with Gasteiger partial charge >= 0.3 is 0 Å². The molecule has 0 saturated carbocycles. The van der Waals surface area contributed by atoms with E-state index in [0.29, 0.717) is 23.9 Å². The molecule has 0 atom stereocenters. The van der Waals surface area contributed by atoms with Gasteiger partial charge in [-0.05, 0) is 48.9 Å². The summed E-state index contributed by atoms with van der Waals surface area (Å²) in [5, 5.41) is 3.92. The highest BCUT2D eigenvalue weighted by molar-refractivity contribution is 6.38. The molecule has 0 saturated heterocycles. The number of methoxy groups -OCH3 is 1. The smallest absolute Gasteiger partial charge is 0.227 e. The molecule has 2 N–H and O–H groups in total. The van der Waals surface area contributed by atoms with E-state index in [4.69, 9.17) is 15.0 Å². The minimum Gasteiger partial charge on any atom is -0.495 e. The maximum absolute atomic E-state index is 5.84. The Hall–Kier alpha value is -4.72. The predicted octanol–water partition coefficient (Wildman–Crippen LogP) is 4.93. The molecule has 0 aliphatic carbocycles. The van der Waals surface area contributed by atoms with Crippen molar-refractivity contribution in [1.82, 2.24) is 14.5 Å². The molecule has 0 amide bonds. The third kappa shape index (κ3) is 4.67. The topological polar surface area (TPSA) is 104 Å². The number of imidazole rings is 1. The van der Waals surface area contributed by atoms with Crippen molar-refractivity contribution in [3.63, 3.8) is 0 Å². The summed E-state index contributed by atoms with van der Waals surface area (Å²) < 4.78 is 13.3. The van der Waals surface area contributed by atoms with E-state index < -0.39 is 0 Å². The number of rotatable bonds is 7. The summed E-state index contributed by atoms with van der Waals surface area (Å²) in [5.74, 6) is 6.95. The predicted molar refractivity (Wildman–Crippen MR) is 137 cm³/mol. The average Bonchev–Trinajstić information content (AvgIpc) is 3.53. The fourth-order valence-corrected chi connectivity index (χ4v) is 3.77. The lowest BCUT2D eigenvalue weighted by Crippen LogP contribution is -2.07. The number of nitrogens with two attached hydrogens (primary N) is 1. The highest BCUT2D eigenvalue weighted by Crippen LogP contribution is 2.26. The normalized spacial score (nSPS) is 12.0. The monoisotopic (exact) mass is 464 g/mol. The third-order valence-corrected chi connectivity index (χ3v) is 5.59. The molecule has 174 valence electrons. The van der Waals surface area contributed by atoms with E-state index in [1.807, 2.05) is 84.4 Å². The van der Waals surface area contributed by atoms with Crippen LogP contribution < -0.4 is 10.6 Å². The molecule has 8 heteroatoms. The Labute approximate surface area is 202 Å². The van der Waals surface area contributed by atoms with Gasteiger partial charge < -0.3 is 19.6 Å². The number of hydrogen-bond acceptors (Lipinski definition) is 7. The van der Waals surface area contributed by atoms with Gasteiger partial charge in [-0.15, -0.1) is 0 Å². The Morgan fingerprint density at radius 3 is 2.66 bits per heavy atom. The van der Waals surface area contributed by atoms with Gasteiger partial charge in [0.15, 0.2) is 5.58 Å². The van der Waals surface area contributed by atoms with Crippen molar-refractivity contribution in [1.29, 1.82) is 0 Å². The van der Waals surface area contributed by atoms with Crippen molar-refractivity contribution in [2.75, 3.05) is 7.11 Å². The van der Waals surface area contributed by atoms with E-state index >= 15 is 0 Å². The number of hydrogen-bond donors (Lipinski definition) is 1. The summed E-state index contributed by atoms with van der Waals surface area (Å²) in [5.41, 5.74) is 6.74. The van der Waals surface area contributed by atoms with Crippen molar-refractivity contribution >= 4 is 23.0 Å². The van der Waals surface area contributed by atoms with Gasteiger partial charge in [0.1, 0.15) is 17.0 Å².